The van der Waals surface area contributed by atoms with E-state index in [1.54, 1.807) is 12.1 Å². The summed E-state index contributed by atoms with van der Waals surface area (Å²) in [6, 6.07) is 13.9. The van der Waals surface area contributed by atoms with Crippen LogP contribution in [0.2, 0.25) is 0 Å². The molecule has 2 aromatic rings. The summed E-state index contributed by atoms with van der Waals surface area (Å²) in [5.74, 6) is -0.463. The van der Waals surface area contributed by atoms with Crippen molar-refractivity contribution in [1.29, 1.82) is 0 Å². The SMILES string of the molecule is O=C1Nc2ccccc2C12C1CCCCC1=NC(=S)N2c1ccc(F)cc1. The van der Waals surface area contributed by atoms with Crippen LogP contribution in [-0.2, 0) is 10.3 Å². The molecule has 0 bridgehead atoms. The topological polar surface area (TPSA) is 44.7 Å². The number of carbonyl (C=O) groups excluding carboxylic acids is 1. The Morgan fingerprint density at radius 3 is 2.74 bits per heavy atom. The van der Waals surface area contributed by atoms with Gasteiger partial charge in [-0.25, -0.2) is 9.38 Å². The Labute approximate surface area is 162 Å². The number of hydrogen-bond acceptors (Lipinski definition) is 2. The summed E-state index contributed by atoms with van der Waals surface area (Å²) in [7, 11) is 0. The number of carbonyl (C=O) groups is 1. The van der Waals surface area contributed by atoms with Gasteiger partial charge in [-0.2, -0.15) is 0 Å². The first kappa shape index (κ1) is 16.6. The van der Waals surface area contributed by atoms with Crippen LogP contribution >= 0.6 is 12.2 Å². The molecule has 1 saturated carbocycles. The molecule has 1 fully saturated rings. The average molecular weight is 379 g/mol. The molecule has 6 heteroatoms. The maximum atomic E-state index is 13.5. The molecule has 2 heterocycles. The van der Waals surface area contributed by atoms with E-state index in [9.17, 15) is 9.18 Å². The van der Waals surface area contributed by atoms with Crippen LogP contribution in [0.5, 0.6) is 0 Å². The number of para-hydroxylation sites is 1. The van der Waals surface area contributed by atoms with Crippen molar-refractivity contribution in [3.8, 4) is 0 Å². The third-order valence-electron chi connectivity index (χ3n) is 5.88. The molecule has 27 heavy (non-hydrogen) atoms. The minimum Gasteiger partial charge on any atom is -0.323 e. The Bertz CT molecular complexity index is 987. The largest absolute Gasteiger partial charge is 0.323 e. The van der Waals surface area contributed by atoms with Crippen LogP contribution in [0.4, 0.5) is 15.8 Å². The molecule has 0 saturated heterocycles. The minimum absolute atomic E-state index is 0.0494. The molecule has 0 radical (unpaired) electrons. The number of nitrogens with one attached hydrogen (secondary N) is 1. The van der Waals surface area contributed by atoms with Gasteiger partial charge in [0.1, 0.15) is 5.82 Å². The van der Waals surface area contributed by atoms with Crippen LogP contribution in [0.3, 0.4) is 0 Å². The Morgan fingerprint density at radius 2 is 1.93 bits per heavy atom. The maximum Gasteiger partial charge on any atom is 0.256 e. The van der Waals surface area contributed by atoms with Gasteiger partial charge in [-0.15, -0.1) is 0 Å². The molecule has 2 aliphatic heterocycles. The highest BCUT2D eigenvalue weighted by atomic mass is 32.1. The number of hydrogen-bond donors (Lipinski definition) is 1. The number of rotatable bonds is 1. The van der Waals surface area contributed by atoms with Gasteiger partial charge >= 0.3 is 0 Å². The maximum absolute atomic E-state index is 13.5. The van der Waals surface area contributed by atoms with Crippen molar-refractivity contribution in [2.45, 2.75) is 31.2 Å². The average Bonchev–Trinajstić information content (AvgIpc) is 2.96. The van der Waals surface area contributed by atoms with Crippen LogP contribution in [0.25, 0.3) is 0 Å². The van der Waals surface area contributed by atoms with Crippen molar-refractivity contribution in [1.82, 2.24) is 0 Å². The van der Waals surface area contributed by atoms with Gasteiger partial charge in [-0.3, -0.25) is 9.69 Å². The molecule has 1 N–H and O–H groups in total. The summed E-state index contributed by atoms with van der Waals surface area (Å²) in [4.78, 5) is 20.1. The molecule has 3 aliphatic rings. The van der Waals surface area contributed by atoms with Crippen molar-refractivity contribution in [2.75, 3.05) is 10.2 Å². The van der Waals surface area contributed by atoms with E-state index < -0.39 is 5.54 Å². The van der Waals surface area contributed by atoms with E-state index in [0.717, 1.165) is 42.6 Å². The molecular weight excluding hydrogens is 361 g/mol. The molecule has 2 aromatic carbocycles. The van der Waals surface area contributed by atoms with Gasteiger partial charge in [0.05, 0.1) is 0 Å². The van der Waals surface area contributed by atoms with Crippen LogP contribution in [0.15, 0.2) is 53.5 Å². The first-order valence-corrected chi connectivity index (χ1v) is 9.61. The number of aliphatic imine (C=N–C) groups is 1. The second-order valence-electron chi connectivity index (χ2n) is 7.26. The monoisotopic (exact) mass is 379 g/mol. The Hall–Kier alpha value is -2.60. The highest BCUT2D eigenvalue weighted by Gasteiger charge is 2.60. The molecule has 2 unspecified atom stereocenters. The summed E-state index contributed by atoms with van der Waals surface area (Å²) in [5, 5.41) is 3.42. The van der Waals surface area contributed by atoms with Crippen LogP contribution < -0.4 is 10.2 Å². The van der Waals surface area contributed by atoms with Gasteiger partial charge in [-0.05, 0) is 61.8 Å². The highest BCUT2D eigenvalue weighted by molar-refractivity contribution is 7.80. The normalized spacial score (nSPS) is 26.5. The third-order valence-corrected chi connectivity index (χ3v) is 6.16. The highest BCUT2D eigenvalue weighted by Crippen LogP contribution is 2.52. The van der Waals surface area contributed by atoms with Crippen molar-refractivity contribution in [2.24, 2.45) is 10.9 Å². The van der Waals surface area contributed by atoms with Crippen LogP contribution in [0.1, 0.15) is 31.2 Å². The zero-order chi connectivity index (χ0) is 18.6. The van der Waals surface area contributed by atoms with Gasteiger partial charge in [0, 0.05) is 28.6 Å². The van der Waals surface area contributed by atoms with Crippen molar-refractivity contribution < 1.29 is 9.18 Å². The van der Waals surface area contributed by atoms with Gasteiger partial charge < -0.3 is 5.32 Å². The summed E-state index contributed by atoms with van der Waals surface area (Å²) < 4.78 is 13.5. The number of anilines is 2. The minimum atomic E-state index is -0.969. The second-order valence-corrected chi connectivity index (χ2v) is 7.63. The van der Waals surface area contributed by atoms with E-state index in [0.29, 0.717) is 10.8 Å². The Balaban J connectivity index is 1.80. The molecule has 1 amide bonds. The van der Waals surface area contributed by atoms with E-state index >= 15 is 0 Å². The molecule has 5 rings (SSSR count). The lowest BCUT2D eigenvalue weighted by atomic mass is 9.68. The smallest absolute Gasteiger partial charge is 0.256 e. The van der Waals surface area contributed by atoms with Crippen molar-refractivity contribution in [3.05, 3.63) is 59.9 Å². The number of benzene rings is 2. The molecule has 1 aliphatic carbocycles. The lowest BCUT2D eigenvalue weighted by Crippen LogP contribution is -2.63. The summed E-state index contributed by atoms with van der Waals surface area (Å²) in [6.07, 6.45) is 3.85. The number of fused-ring (bicyclic) bond motifs is 4. The van der Waals surface area contributed by atoms with Crippen LogP contribution in [-0.4, -0.2) is 16.7 Å². The van der Waals surface area contributed by atoms with Crippen molar-refractivity contribution >= 4 is 40.3 Å². The first-order valence-electron chi connectivity index (χ1n) is 9.20. The molecular formula is C21H18FN3OS. The fourth-order valence-corrected chi connectivity index (χ4v) is 5.16. The van der Waals surface area contributed by atoms with E-state index in [2.05, 4.69) is 5.32 Å². The summed E-state index contributed by atoms with van der Waals surface area (Å²) in [5.41, 5.74) is 2.45. The van der Waals surface area contributed by atoms with E-state index in [-0.39, 0.29) is 17.6 Å². The van der Waals surface area contributed by atoms with E-state index in [1.165, 1.54) is 12.1 Å². The standard InChI is InChI=1S/C21H18FN3OS/c22-13-9-11-14(12-10-13)25-20(27)24-18-8-4-2-6-16(18)21(25)15-5-1-3-7-17(15)23-19(21)26/h1,3,5,7,9-12,16H,2,4,6,8H2,(H,23,26). The quantitative estimate of drug-likeness (QED) is 0.747. The molecule has 4 nitrogen and oxygen atoms in total. The molecule has 1 spiro atoms. The number of thiocarbonyl (C=S) groups is 1. The molecule has 2 atom stereocenters. The predicted molar refractivity (Wildman–Crippen MR) is 108 cm³/mol. The van der Waals surface area contributed by atoms with E-state index in [1.807, 2.05) is 29.2 Å². The van der Waals surface area contributed by atoms with Gasteiger partial charge in [-0.1, -0.05) is 24.6 Å². The zero-order valence-electron chi connectivity index (χ0n) is 14.6. The number of amides is 1. The Morgan fingerprint density at radius 1 is 1.15 bits per heavy atom. The first-order chi connectivity index (χ1) is 13.1. The summed E-state index contributed by atoms with van der Waals surface area (Å²) >= 11 is 5.67. The predicted octanol–water partition coefficient (Wildman–Crippen LogP) is 4.41. The van der Waals surface area contributed by atoms with Crippen molar-refractivity contribution in [3.63, 3.8) is 0 Å². The lowest BCUT2D eigenvalue weighted by molar-refractivity contribution is -0.121. The zero-order valence-corrected chi connectivity index (χ0v) is 15.4. The van der Waals surface area contributed by atoms with E-state index in [4.69, 9.17) is 17.2 Å². The molecule has 136 valence electrons. The fourth-order valence-electron chi connectivity index (χ4n) is 4.80. The number of halogens is 1. The summed E-state index contributed by atoms with van der Waals surface area (Å²) in [6.45, 7) is 0. The van der Waals surface area contributed by atoms with Gasteiger partial charge in [0.15, 0.2) is 5.54 Å². The van der Waals surface area contributed by atoms with Crippen LogP contribution in [0, 0.1) is 11.7 Å². The number of nitrogens with zero attached hydrogens (tertiary/aromatic N) is 2. The third kappa shape index (κ3) is 2.22. The van der Waals surface area contributed by atoms with Gasteiger partial charge in [0.25, 0.3) is 5.91 Å². The van der Waals surface area contributed by atoms with Gasteiger partial charge in [0.2, 0.25) is 5.11 Å². The molecule has 0 aromatic heterocycles. The second kappa shape index (κ2) is 5.96. The fraction of sp³-hybridized carbons (Fsp3) is 0.286. The Kier molecular flexibility index (Phi) is 3.65. The lowest BCUT2D eigenvalue weighted by Gasteiger charge is -2.49.